The molecule has 1 aromatic rings. The van der Waals surface area contributed by atoms with E-state index in [-0.39, 0.29) is 24.1 Å². The van der Waals surface area contributed by atoms with E-state index in [4.69, 9.17) is 4.84 Å². The highest BCUT2D eigenvalue weighted by molar-refractivity contribution is 6.04. The van der Waals surface area contributed by atoms with Crippen molar-refractivity contribution in [1.82, 2.24) is 10.2 Å². The summed E-state index contributed by atoms with van der Waals surface area (Å²) in [6.07, 6.45) is -0.0162. The summed E-state index contributed by atoms with van der Waals surface area (Å²) in [5.74, 6) is 0.170. The molecule has 3 rings (SSSR count). The van der Waals surface area contributed by atoms with Gasteiger partial charge in [-0.05, 0) is 26.3 Å². The molecule has 1 N–H and O–H groups in total. The lowest BCUT2D eigenvalue weighted by Gasteiger charge is -2.19. The molecule has 21 heavy (non-hydrogen) atoms. The number of hydrogen-bond donors (Lipinski definition) is 1. The number of hydrogen-bond acceptors (Lipinski definition) is 3. The molecule has 112 valence electrons. The fourth-order valence-corrected chi connectivity index (χ4v) is 2.95. The van der Waals surface area contributed by atoms with Crippen molar-refractivity contribution in [1.29, 1.82) is 0 Å². The van der Waals surface area contributed by atoms with Crippen LogP contribution in [0.5, 0.6) is 0 Å². The summed E-state index contributed by atoms with van der Waals surface area (Å²) in [6.45, 7) is 7.26. The zero-order valence-electron chi connectivity index (χ0n) is 12.7. The Morgan fingerprint density at radius 3 is 2.86 bits per heavy atom. The number of nitrogens with one attached hydrogen (secondary N) is 1. The topological polar surface area (TPSA) is 53.9 Å². The predicted octanol–water partition coefficient (Wildman–Crippen LogP) is 2.15. The van der Waals surface area contributed by atoms with E-state index in [0.717, 1.165) is 11.3 Å². The molecule has 2 aliphatic heterocycles. The Bertz CT molecular complexity index is 583. The number of nitrogens with zero attached hydrogens (tertiary/aromatic N) is 2. The van der Waals surface area contributed by atoms with Gasteiger partial charge in [-0.15, -0.1) is 0 Å². The third kappa shape index (κ3) is 2.60. The average molecular weight is 287 g/mol. The van der Waals surface area contributed by atoms with Crippen molar-refractivity contribution >= 4 is 11.7 Å². The first kappa shape index (κ1) is 13.9. The van der Waals surface area contributed by atoms with Gasteiger partial charge in [-0.25, -0.2) is 4.79 Å². The van der Waals surface area contributed by atoms with E-state index in [0.29, 0.717) is 13.1 Å². The molecule has 0 radical (unpaired) electrons. The summed E-state index contributed by atoms with van der Waals surface area (Å²) >= 11 is 0. The molecule has 2 atom stereocenters. The minimum absolute atomic E-state index is 0.0162. The second kappa shape index (κ2) is 5.39. The van der Waals surface area contributed by atoms with Gasteiger partial charge in [0.1, 0.15) is 0 Å². The number of carbonyl (C=O) groups excluding carboxylic acids is 1. The Hall–Kier alpha value is -2.04. The Kier molecular flexibility index (Phi) is 3.57. The minimum Gasteiger partial charge on any atom is -0.390 e. The van der Waals surface area contributed by atoms with E-state index in [1.807, 2.05) is 30.9 Å². The van der Waals surface area contributed by atoms with Crippen molar-refractivity contribution in [3.63, 3.8) is 0 Å². The SMILES string of the molecule is Cc1ccccc1C1=NOC2CN(C(=O)NC(C)C)CC12. The summed E-state index contributed by atoms with van der Waals surface area (Å²) in [7, 11) is 0. The van der Waals surface area contributed by atoms with E-state index in [1.54, 1.807) is 0 Å². The Morgan fingerprint density at radius 2 is 2.14 bits per heavy atom. The number of fused-ring (bicyclic) bond motifs is 1. The van der Waals surface area contributed by atoms with Gasteiger partial charge >= 0.3 is 6.03 Å². The number of oxime groups is 1. The van der Waals surface area contributed by atoms with Gasteiger partial charge < -0.3 is 15.1 Å². The molecule has 1 saturated heterocycles. The zero-order valence-corrected chi connectivity index (χ0v) is 12.7. The number of aryl methyl sites for hydroxylation is 1. The molecule has 2 heterocycles. The molecule has 1 aromatic carbocycles. The minimum atomic E-state index is -0.0212. The van der Waals surface area contributed by atoms with Crippen LogP contribution in [-0.2, 0) is 4.84 Å². The largest absolute Gasteiger partial charge is 0.390 e. The quantitative estimate of drug-likeness (QED) is 0.906. The number of carbonyl (C=O) groups is 1. The molecule has 0 aliphatic carbocycles. The number of amides is 2. The molecule has 2 aliphatic rings. The van der Waals surface area contributed by atoms with Gasteiger partial charge in [-0.1, -0.05) is 29.4 Å². The van der Waals surface area contributed by atoms with Crippen molar-refractivity contribution in [3.8, 4) is 0 Å². The van der Waals surface area contributed by atoms with Gasteiger partial charge in [0, 0.05) is 18.2 Å². The van der Waals surface area contributed by atoms with E-state index >= 15 is 0 Å². The van der Waals surface area contributed by atoms with Crippen LogP contribution in [0.25, 0.3) is 0 Å². The van der Waals surface area contributed by atoms with Crippen molar-refractivity contribution < 1.29 is 9.63 Å². The lowest BCUT2D eigenvalue weighted by atomic mass is 9.92. The molecule has 0 saturated carbocycles. The van der Waals surface area contributed by atoms with Crippen molar-refractivity contribution in [2.24, 2.45) is 11.1 Å². The fraction of sp³-hybridized carbons (Fsp3) is 0.500. The maximum atomic E-state index is 12.1. The van der Waals surface area contributed by atoms with Gasteiger partial charge in [0.05, 0.1) is 18.2 Å². The molecular weight excluding hydrogens is 266 g/mol. The van der Waals surface area contributed by atoms with Crippen molar-refractivity contribution in [3.05, 3.63) is 35.4 Å². The average Bonchev–Trinajstić information content (AvgIpc) is 2.98. The molecule has 0 bridgehead atoms. The van der Waals surface area contributed by atoms with Crippen molar-refractivity contribution in [2.45, 2.75) is 32.9 Å². The first-order valence-electron chi connectivity index (χ1n) is 7.41. The van der Waals surface area contributed by atoms with Crippen LogP contribution in [0.15, 0.2) is 29.4 Å². The maximum absolute atomic E-state index is 12.1. The molecule has 2 amide bonds. The highest BCUT2D eigenvalue weighted by Crippen LogP contribution is 2.31. The summed E-state index contributed by atoms with van der Waals surface area (Å²) in [5, 5.41) is 7.20. The van der Waals surface area contributed by atoms with Crippen LogP contribution in [-0.4, -0.2) is 41.9 Å². The summed E-state index contributed by atoms with van der Waals surface area (Å²) in [6, 6.07) is 8.29. The second-order valence-corrected chi connectivity index (χ2v) is 6.05. The van der Waals surface area contributed by atoms with E-state index < -0.39 is 0 Å². The smallest absolute Gasteiger partial charge is 0.317 e. The maximum Gasteiger partial charge on any atom is 0.317 e. The van der Waals surface area contributed by atoms with E-state index in [2.05, 4.69) is 29.5 Å². The molecule has 2 unspecified atom stereocenters. The van der Waals surface area contributed by atoms with Crippen LogP contribution >= 0.6 is 0 Å². The van der Waals surface area contributed by atoms with Crippen LogP contribution in [0.4, 0.5) is 4.79 Å². The van der Waals surface area contributed by atoms with E-state index in [9.17, 15) is 4.79 Å². The van der Waals surface area contributed by atoms with Crippen LogP contribution < -0.4 is 5.32 Å². The molecular formula is C16H21N3O2. The molecule has 0 aromatic heterocycles. The lowest BCUT2D eigenvalue weighted by molar-refractivity contribution is 0.0773. The van der Waals surface area contributed by atoms with Gasteiger partial charge in [-0.3, -0.25) is 0 Å². The van der Waals surface area contributed by atoms with Gasteiger partial charge in [0.15, 0.2) is 6.10 Å². The number of benzene rings is 1. The Labute approximate surface area is 125 Å². The number of likely N-dealkylation sites (tertiary alicyclic amines) is 1. The highest BCUT2D eigenvalue weighted by atomic mass is 16.6. The van der Waals surface area contributed by atoms with Crippen LogP contribution in [0.1, 0.15) is 25.0 Å². The van der Waals surface area contributed by atoms with Crippen molar-refractivity contribution in [2.75, 3.05) is 13.1 Å². The summed E-state index contributed by atoms with van der Waals surface area (Å²) in [4.78, 5) is 19.5. The molecule has 5 heteroatoms. The van der Waals surface area contributed by atoms with Gasteiger partial charge in [0.2, 0.25) is 0 Å². The monoisotopic (exact) mass is 287 g/mol. The van der Waals surface area contributed by atoms with Gasteiger partial charge in [0.25, 0.3) is 0 Å². The normalized spacial score (nSPS) is 23.8. The Balaban J connectivity index is 1.75. The van der Waals surface area contributed by atoms with E-state index in [1.165, 1.54) is 5.56 Å². The third-order valence-corrected chi connectivity index (χ3v) is 4.02. The highest BCUT2D eigenvalue weighted by Gasteiger charge is 2.44. The second-order valence-electron chi connectivity index (χ2n) is 6.05. The lowest BCUT2D eigenvalue weighted by Crippen LogP contribution is -2.42. The molecule has 5 nitrogen and oxygen atoms in total. The summed E-state index contributed by atoms with van der Waals surface area (Å²) in [5.41, 5.74) is 3.28. The van der Waals surface area contributed by atoms with Crippen LogP contribution in [0.2, 0.25) is 0 Å². The van der Waals surface area contributed by atoms with Crippen LogP contribution in [0.3, 0.4) is 0 Å². The first-order valence-corrected chi connectivity index (χ1v) is 7.41. The summed E-state index contributed by atoms with van der Waals surface area (Å²) < 4.78 is 0. The number of rotatable bonds is 2. The molecule has 1 fully saturated rings. The molecule has 0 spiro atoms. The fourth-order valence-electron chi connectivity index (χ4n) is 2.95. The number of urea groups is 1. The van der Waals surface area contributed by atoms with Gasteiger partial charge in [-0.2, -0.15) is 0 Å². The third-order valence-electron chi connectivity index (χ3n) is 4.02. The Morgan fingerprint density at radius 1 is 1.38 bits per heavy atom. The first-order chi connectivity index (χ1) is 10.1. The zero-order chi connectivity index (χ0) is 15.0. The van der Waals surface area contributed by atoms with Crippen LogP contribution in [0, 0.1) is 12.8 Å². The standard InChI is InChI=1S/C16H21N3O2/c1-10(2)17-16(20)19-8-13-14(9-19)21-18-15(13)12-7-5-4-6-11(12)3/h4-7,10,13-14H,8-9H2,1-3H3,(H,17,20). The predicted molar refractivity (Wildman–Crippen MR) is 81.3 cm³/mol.